The largest absolute Gasteiger partial charge is 0.478 e. The fourth-order valence-electron chi connectivity index (χ4n) is 2.09. The van der Waals surface area contributed by atoms with Gasteiger partial charge in [0, 0.05) is 17.0 Å². The minimum absolute atomic E-state index is 0.134. The van der Waals surface area contributed by atoms with Crippen molar-refractivity contribution < 1.29 is 14.7 Å². The van der Waals surface area contributed by atoms with Crippen molar-refractivity contribution in [2.24, 2.45) is 0 Å². The maximum Gasteiger partial charge on any atom is 0.335 e. The molecule has 110 valence electrons. The second-order valence-electron chi connectivity index (χ2n) is 4.93. The number of rotatable bonds is 5. The first-order valence-electron chi connectivity index (χ1n) is 6.63. The van der Waals surface area contributed by atoms with Crippen LogP contribution in [0.3, 0.4) is 0 Å². The molecule has 0 atom stereocenters. The normalized spacial score (nSPS) is 10.4. The molecule has 4 nitrogen and oxygen atoms in total. The van der Waals surface area contributed by atoms with Crippen LogP contribution in [0.5, 0.6) is 0 Å². The van der Waals surface area contributed by atoms with Crippen molar-refractivity contribution >= 4 is 23.2 Å². The molecule has 1 amide bonds. The molecule has 2 N–H and O–H groups in total. The van der Waals surface area contributed by atoms with Gasteiger partial charge in [-0.15, -0.1) is 11.3 Å². The molecule has 0 unspecified atom stereocenters. The van der Waals surface area contributed by atoms with Crippen LogP contribution in [0.2, 0.25) is 0 Å². The number of carboxylic acid groups (broad SMARTS) is 1. The number of aryl methyl sites for hydroxylation is 2. The van der Waals surface area contributed by atoms with Gasteiger partial charge >= 0.3 is 5.97 Å². The molecule has 0 spiro atoms. The Hall–Kier alpha value is -2.14. The number of amides is 1. The third-order valence-electron chi connectivity index (χ3n) is 3.19. The average molecular weight is 303 g/mol. The quantitative estimate of drug-likeness (QED) is 0.892. The molecule has 0 bridgehead atoms. The van der Waals surface area contributed by atoms with E-state index in [9.17, 15) is 9.59 Å². The summed E-state index contributed by atoms with van der Waals surface area (Å²) in [5.74, 6) is -1.27. The fourth-order valence-corrected chi connectivity index (χ4v) is 3.00. The van der Waals surface area contributed by atoms with Crippen LogP contribution < -0.4 is 5.32 Å². The van der Waals surface area contributed by atoms with Gasteiger partial charge in [-0.3, -0.25) is 4.79 Å². The predicted molar refractivity (Wildman–Crippen MR) is 83.2 cm³/mol. The molecule has 0 saturated heterocycles. The number of aromatic carboxylic acids is 1. The number of benzene rings is 1. The molecule has 1 heterocycles. The van der Waals surface area contributed by atoms with Gasteiger partial charge in [-0.2, -0.15) is 0 Å². The maximum atomic E-state index is 12.1. The molecule has 1 aromatic carbocycles. The van der Waals surface area contributed by atoms with Crippen molar-refractivity contribution in [1.82, 2.24) is 5.32 Å². The lowest BCUT2D eigenvalue weighted by Gasteiger charge is -2.07. The SMILES string of the molecule is Cc1cc(C(=O)O)cc(C(=O)NCCc2sccc2C)c1. The summed E-state index contributed by atoms with van der Waals surface area (Å²) in [7, 11) is 0. The van der Waals surface area contributed by atoms with Gasteiger partial charge in [0.1, 0.15) is 0 Å². The molecule has 0 saturated carbocycles. The Morgan fingerprint density at radius 2 is 1.90 bits per heavy atom. The summed E-state index contributed by atoms with van der Waals surface area (Å²) in [5, 5.41) is 13.9. The molecular weight excluding hydrogens is 286 g/mol. The number of carbonyl (C=O) groups excluding carboxylic acids is 1. The molecule has 5 heteroatoms. The zero-order valence-corrected chi connectivity index (χ0v) is 12.8. The van der Waals surface area contributed by atoms with Crippen LogP contribution in [-0.2, 0) is 6.42 Å². The number of thiophene rings is 1. The van der Waals surface area contributed by atoms with Gasteiger partial charge in [-0.1, -0.05) is 0 Å². The van der Waals surface area contributed by atoms with Crippen molar-refractivity contribution in [3.8, 4) is 0 Å². The number of hydrogen-bond donors (Lipinski definition) is 2. The first-order chi connectivity index (χ1) is 9.97. The Bertz CT molecular complexity index is 676. The minimum Gasteiger partial charge on any atom is -0.478 e. The van der Waals surface area contributed by atoms with E-state index in [0.29, 0.717) is 12.1 Å². The Kier molecular flexibility index (Phi) is 4.75. The average Bonchev–Trinajstić information content (AvgIpc) is 2.83. The highest BCUT2D eigenvalue weighted by Gasteiger charge is 2.11. The molecular formula is C16H17NO3S. The van der Waals surface area contributed by atoms with Crippen LogP contribution in [-0.4, -0.2) is 23.5 Å². The zero-order valence-electron chi connectivity index (χ0n) is 12.0. The van der Waals surface area contributed by atoms with E-state index in [-0.39, 0.29) is 11.5 Å². The summed E-state index contributed by atoms with van der Waals surface area (Å²) in [6.45, 7) is 4.36. The lowest BCUT2D eigenvalue weighted by atomic mass is 10.1. The van der Waals surface area contributed by atoms with E-state index in [2.05, 4.69) is 11.4 Å². The number of hydrogen-bond acceptors (Lipinski definition) is 3. The summed E-state index contributed by atoms with van der Waals surface area (Å²) in [6.07, 6.45) is 0.785. The first kappa shape index (κ1) is 15.3. The van der Waals surface area contributed by atoms with Crippen molar-refractivity contribution in [2.75, 3.05) is 6.54 Å². The number of carboxylic acids is 1. The smallest absolute Gasteiger partial charge is 0.335 e. The van der Waals surface area contributed by atoms with E-state index in [1.165, 1.54) is 16.5 Å². The first-order valence-corrected chi connectivity index (χ1v) is 7.51. The molecule has 2 rings (SSSR count). The van der Waals surface area contributed by atoms with Gasteiger partial charge in [0.2, 0.25) is 0 Å². The second-order valence-corrected chi connectivity index (χ2v) is 5.93. The third kappa shape index (κ3) is 3.92. The Morgan fingerprint density at radius 3 is 2.52 bits per heavy atom. The summed E-state index contributed by atoms with van der Waals surface area (Å²) >= 11 is 1.68. The van der Waals surface area contributed by atoms with Crippen LogP contribution >= 0.6 is 11.3 Å². The van der Waals surface area contributed by atoms with Crippen molar-refractivity contribution in [2.45, 2.75) is 20.3 Å². The van der Waals surface area contributed by atoms with E-state index < -0.39 is 5.97 Å². The summed E-state index contributed by atoms with van der Waals surface area (Å²) in [4.78, 5) is 24.3. The van der Waals surface area contributed by atoms with Gasteiger partial charge in [0.15, 0.2) is 0 Å². The Balaban J connectivity index is 2.00. The fraction of sp³-hybridized carbons (Fsp3) is 0.250. The zero-order chi connectivity index (χ0) is 15.4. The van der Waals surface area contributed by atoms with E-state index in [1.807, 2.05) is 12.3 Å². The second kappa shape index (κ2) is 6.54. The van der Waals surface area contributed by atoms with Crippen molar-refractivity contribution in [1.29, 1.82) is 0 Å². The standard InChI is InChI=1S/C16H17NO3S/c1-10-7-12(9-13(8-10)16(19)20)15(18)17-5-3-14-11(2)4-6-21-14/h4,6-9H,3,5H2,1-2H3,(H,17,18)(H,19,20). The van der Waals surface area contributed by atoms with Gasteiger partial charge < -0.3 is 10.4 Å². The molecule has 21 heavy (non-hydrogen) atoms. The van der Waals surface area contributed by atoms with Gasteiger partial charge in [0.05, 0.1) is 5.56 Å². The summed E-state index contributed by atoms with van der Waals surface area (Å²) in [5.41, 5.74) is 2.51. The molecule has 0 aliphatic rings. The van der Waals surface area contributed by atoms with Crippen LogP contribution in [0, 0.1) is 13.8 Å². The monoisotopic (exact) mass is 303 g/mol. The van der Waals surface area contributed by atoms with E-state index in [4.69, 9.17) is 5.11 Å². The van der Waals surface area contributed by atoms with Crippen LogP contribution in [0.4, 0.5) is 0 Å². The number of carbonyl (C=O) groups is 2. The highest BCUT2D eigenvalue weighted by Crippen LogP contribution is 2.15. The highest BCUT2D eigenvalue weighted by molar-refractivity contribution is 7.10. The maximum absolute atomic E-state index is 12.1. The summed E-state index contributed by atoms with van der Waals surface area (Å²) < 4.78 is 0. The Morgan fingerprint density at radius 1 is 1.19 bits per heavy atom. The Labute approximate surface area is 127 Å². The molecule has 0 aliphatic heterocycles. The molecule has 2 aromatic rings. The van der Waals surface area contributed by atoms with Gasteiger partial charge in [-0.25, -0.2) is 4.79 Å². The van der Waals surface area contributed by atoms with Crippen LogP contribution in [0.25, 0.3) is 0 Å². The predicted octanol–water partition coefficient (Wildman–Crippen LogP) is 3.04. The van der Waals surface area contributed by atoms with Gasteiger partial charge in [0.25, 0.3) is 5.91 Å². The lowest BCUT2D eigenvalue weighted by molar-refractivity contribution is 0.0696. The van der Waals surface area contributed by atoms with E-state index in [0.717, 1.165) is 12.0 Å². The number of nitrogens with one attached hydrogen (secondary N) is 1. The third-order valence-corrected chi connectivity index (χ3v) is 4.28. The highest BCUT2D eigenvalue weighted by atomic mass is 32.1. The van der Waals surface area contributed by atoms with Crippen molar-refractivity contribution in [3.63, 3.8) is 0 Å². The molecule has 0 fully saturated rings. The van der Waals surface area contributed by atoms with Gasteiger partial charge in [-0.05, 0) is 61.0 Å². The molecule has 0 aliphatic carbocycles. The lowest BCUT2D eigenvalue weighted by Crippen LogP contribution is -2.26. The van der Waals surface area contributed by atoms with Crippen LogP contribution in [0.1, 0.15) is 36.7 Å². The van der Waals surface area contributed by atoms with Crippen LogP contribution in [0.15, 0.2) is 29.6 Å². The van der Waals surface area contributed by atoms with E-state index in [1.54, 1.807) is 30.4 Å². The van der Waals surface area contributed by atoms with Crippen molar-refractivity contribution in [3.05, 3.63) is 56.8 Å². The summed E-state index contributed by atoms with van der Waals surface area (Å²) in [6, 6.07) is 6.70. The topological polar surface area (TPSA) is 66.4 Å². The minimum atomic E-state index is -1.03. The molecule has 0 radical (unpaired) electrons. The molecule has 1 aromatic heterocycles. The van der Waals surface area contributed by atoms with E-state index >= 15 is 0 Å².